The molecule has 0 aliphatic carbocycles. The first-order chi connectivity index (χ1) is 4.45. The number of hydrogen-bond acceptors (Lipinski definition) is 2. The molecule has 0 aromatic rings. The van der Waals surface area contributed by atoms with E-state index >= 15 is 0 Å². The Morgan fingerprint density at radius 2 is 2.10 bits per heavy atom. The van der Waals surface area contributed by atoms with E-state index in [2.05, 4.69) is 5.32 Å². The van der Waals surface area contributed by atoms with Gasteiger partial charge in [-0.15, -0.1) is 0 Å². The molecule has 1 aliphatic rings. The van der Waals surface area contributed by atoms with Crippen LogP contribution in [-0.2, 0) is 4.79 Å². The molecular formula is C6H10N2OS. The zero-order valence-corrected chi connectivity index (χ0v) is 7.08. The molecule has 1 amide bonds. The Balaban J connectivity index is 2.92. The number of rotatable bonds is 0. The second-order valence-corrected chi connectivity index (χ2v) is 3.31. The molecule has 4 heteroatoms. The number of likely N-dealkylation sites (N-methyl/N-ethyl adjacent to an activating group) is 1. The molecule has 1 rings (SSSR count). The van der Waals surface area contributed by atoms with Crippen LogP contribution >= 0.6 is 12.2 Å². The third-order valence-electron chi connectivity index (χ3n) is 1.56. The zero-order valence-electron chi connectivity index (χ0n) is 6.26. The van der Waals surface area contributed by atoms with Gasteiger partial charge in [-0.3, -0.25) is 9.69 Å². The van der Waals surface area contributed by atoms with Crippen molar-refractivity contribution in [3.05, 3.63) is 0 Å². The van der Waals surface area contributed by atoms with Crippen molar-refractivity contribution in [1.82, 2.24) is 10.2 Å². The van der Waals surface area contributed by atoms with E-state index in [0.29, 0.717) is 5.11 Å². The Hall–Kier alpha value is -0.640. The smallest absolute Gasteiger partial charge is 0.253 e. The molecule has 0 saturated carbocycles. The van der Waals surface area contributed by atoms with Gasteiger partial charge < -0.3 is 5.32 Å². The van der Waals surface area contributed by atoms with Gasteiger partial charge in [0, 0.05) is 7.05 Å². The summed E-state index contributed by atoms with van der Waals surface area (Å²) in [7, 11) is 1.67. The minimum absolute atomic E-state index is 0.0255. The quantitative estimate of drug-likeness (QED) is 0.508. The largest absolute Gasteiger partial charge is 0.348 e. The van der Waals surface area contributed by atoms with Gasteiger partial charge in [0.15, 0.2) is 5.11 Å². The molecule has 0 atom stereocenters. The zero-order chi connectivity index (χ0) is 7.94. The van der Waals surface area contributed by atoms with Crippen LogP contribution in [0.2, 0.25) is 0 Å². The summed E-state index contributed by atoms with van der Waals surface area (Å²) in [5.74, 6) is 0.0255. The number of nitrogens with one attached hydrogen (secondary N) is 1. The monoisotopic (exact) mass is 158 g/mol. The average Bonchev–Trinajstić information content (AvgIpc) is 1.95. The first-order valence-electron chi connectivity index (χ1n) is 3.05. The van der Waals surface area contributed by atoms with E-state index in [1.807, 2.05) is 13.8 Å². The Kier molecular flexibility index (Phi) is 1.43. The lowest BCUT2D eigenvalue weighted by atomic mass is 10.1. The second-order valence-electron chi connectivity index (χ2n) is 2.92. The highest BCUT2D eigenvalue weighted by atomic mass is 32.1. The van der Waals surface area contributed by atoms with Crippen molar-refractivity contribution in [2.45, 2.75) is 19.4 Å². The molecule has 1 fully saturated rings. The lowest BCUT2D eigenvalue weighted by Crippen LogP contribution is -2.39. The summed E-state index contributed by atoms with van der Waals surface area (Å²) in [5, 5.41) is 3.41. The van der Waals surface area contributed by atoms with Gasteiger partial charge in [0.1, 0.15) is 5.54 Å². The number of carbonyl (C=O) groups is 1. The second kappa shape index (κ2) is 1.92. The topological polar surface area (TPSA) is 32.3 Å². The molecule has 56 valence electrons. The summed E-state index contributed by atoms with van der Waals surface area (Å²) in [6.07, 6.45) is 0. The lowest BCUT2D eigenvalue weighted by Gasteiger charge is -2.13. The minimum Gasteiger partial charge on any atom is -0.348 e. The van der Waals surface area contributed by atoms with E-state index in [9.17, 15) is 4.79 Å². The SMILES string of the molecule is CN1C(=O)C(C)(C)NC1=S. The summed E-state index contributed by atoms with van der Waals surface area (Å²) >= 11 is 4.86. The summed E-state index contributed by atoms with van der Waals surface area (Å²) in [4.78, 5) is 12.7. The molecule has 0 radical (unpaired) electrons. The molecule has 10 heavy (non-hydrogen) atoms. The Morgan fingerprint density at radius 1 is 1.60 bits per heavy atom. The molecule has 0 aromatic heterocycles. The Morgan fingerprint density at radius 3 is 2.20 bits per heavy atom. The summed E-state index contributed by atoms with van der Waals surface area (Å²) in [5.41, 5.74) is -0.508. The molecule has 0 unspecified atom stereocenters. The molecule has 1 heterocycles. The van der Waals surface area contributed by atoms with Crippen molar-refractivity contribution in [1.29, 1.82) is 0 Å². The third-order valence-corrected chi connectivity index (χ3v) is 1.94. The molecule has 1 N–H and O–H groups in total. The van der Waals surface area contributed by atoms with Crippen LogP contribution in [0.15, 0.2) is 0 Å². The van der Waals surface area contributed by atoms with Crippen molar-refractivity contribution < 1.29 is 4.79 Å². The van der Waals surface area contributed by atoms with E-state index in [-0.39, 0.29) is 5.91 Å². The van der Waals surface area contributed by atoms with E-state index in [1.165, 1.54) is 4.90 Å². The number of thiocarbonyl (C=S) groups is 1. The van der Waals surface area contributed by atoms with Crippen molar-refractivity contribution in [3.8, 4) is 0 Å². The van der Waals surface area contributed by atoms with Gasteiger partial charge in [0.2, 0.25) is 0 Å². The standard InChI is InChI=1S/C6H10N2OS/c1-6(2)4(9)8(3)5(10)7-6/h1-3H3,(H,7,10). The number of carbonyl (C=O) groups excluding carboxylic acids is 1. The fourth-order valence-corrected chi connectivity index (χ4v) is 1.25. The van der Waals surface area contributed by atoms with Crippen LogP contribution in [0.4, 0.5) is 0 Å². The van der Waals surface area contributed by atoms with E-state index < -0.39 is 5.54 Å². The fraction of sp³-hybridized carbons (Fsp3) is 0.667. The molecule has 1 saturated heterocycles. The van der Waals surface area contributed by atoms with E-state index in [0.717, 1.165) is 0 Å². The van der Waals surface area contributed by atoms with Crippen LogP contribution in [-0.4, -0.2) is 28.5 Å². The first kappa shape index (κ1) is 7.47. The Bertz CT molecular complexity index is 200. The van der Waals surface area contributed by atoms with Crippen LogP contribution in [0.25, 0.3) is 0 Å². The molecular weight excluding hydrogens is 148 g/mol. The van der Waals surface area contributed by atoms with Gasteiger partial charge in [-0.1, -0.05) is 0 Å². The highest BCUT2D eigenvalue weighted by Crippen LogP contribution is 2.13. The molecule has 0 aromatic carbocycles. The third kappa shape index (κ3) is 0.883. The van der Waals surface area contributed by atoms with Crippen LogP contribution in [0.5, 0.6) is 0 Å². The highest BCUT2D eigenvalue weighted by molar-refractivity contribution is 7.80. The van der Waals surface area contributed by atoms with Gasteiger partial charge in [-0.05, 0) is 26.1 Å². The van der Waals surface area contributed by atoms with Gasteiger partial charge in [0.25, 0.3) is 5.91 Å². The van der Waals surface area contributed by atoms with Gasteiger partial charge in [0.05, 0.1) is 0 Å². The molecule has 0 bridgehead atoms. The van der Waals surface area contributed by atoms with Gasteiger partial charge >= 0.3 is 0 Å². The van der Waals surface area contributed by atoms with Crippen LogP contribution < -0.4 is 5.32 Å². The summed E-state index contributed by atoms with van der Waals surface area (Å²) < 4.78 is 0. The molecule has 0 spiro atoms. The van der Waals surface area contributed by atoms with Crippen molar-refractivity contribution in [2.75, 3.05) is 7.05 Å². The maximum atomic E-state index is 11.2. The highest BCUT2D eigenvalue weighted by Gasteiger charge is 2.39. The van der Waals surface area contributed by atoms with E-state index in [4.69, 9.17) is 12.2 Å². The summed E-state index contributed by atoms with van der Waals surface area (Å²) in [6, 6.07) is 0. The number of amides is 1. The first-order valence-corrected chi connectivity index (χ1v) is 3.46. The van der Waals surface area contributed by atoms with Crippen molar-refractivity contribution >= 4 is 23.2 Å². The van der Waals surface area contributed by atoms with Crippen LogP contribution in [0, 0.1) is 0 Å². The maximum absolute atomic E-state index is 11.2. The minimum atomic E-state index is -0.508. The van der Waals surface area contributed by atoms with Crippen LogP contribution in [0.3, 0.4) is 0 Å². The average molecular weight is 158 g/mol. The maximum Gasteiger partial charge on any atom is 0.253 e. The summed E-state index contributed by atoms with van der Waals surface area (Å²) in [6.45, 7) is 3.62. The lowest BCUT2D eigenvalue weighted by molar-refractivity contribution is -0.129. The normalized spacial score (nSPS) is 23.3. The Labute approximate surface area is 65.4 Å². The van der Waals surface area contributed by atoms with Crippen molar-refractivity contribution in [2.24, 2.45) is 0 Å². The van der Waals surface area contributed by atoms with Crippen molar-refractivity contribution in [3.63, 3.8) is 0 Å². The van der Waals surface area contributed by atoms with Crippen LogP contribution in [0.1, 0.15) is 13.8 Å². The predicted octanol–water partition coefficient (Wildman–Crippen LogP) is 0.111. The van der Waals surface area contributed by atoms with Gasteiger partial charge in [-0.25, -0.2) is 0 Å². The molecule has 1 aliphatic heterocycles. The predicted molar refractivity (Wildman–Crippen MR) is 42.6 cm³/mol. The van der Waals surface area contributed by atoms with Gasteiger partial charge in [-0.2, -0.15) is 0 Å². The molecule has 3 nitrogen and oxygen atoms in total. The number of hydrogen-bond donors (Lipinski definition) is 1. The fourth-order valence-electron chi connectivity index (χ4n) is 0.916. The number of nitrogens with zero attached hydrogens (tertiary/aromatic N) is 1. The van der Waals surface area contributed by atoms with E-state index in [1.54, 1.807) is 7.05 Å².